The van der Waals surface area contributed by atoms with Crippen LogP contribution in [0.5, 0.6) is 0 Å². The van der Waals surface area contributed by atoms with E-state index in [0.29, 0.717) is 32.6 Å². The van der Waals surface area contributed by atoms with Crippen LogP contribution >= 0.6 is 11.8 Å². The molecule has 0 radical (unpaired) electrons. The predicted octanol–water partition coefficient (Wildman–Crippen LogP) is 3.88. The second-order valence-corrected chi connectivity index (χ2v) is 14.1. The molecule has 1 spiro atoms. The molecule has 216 valence electrons. The van der Waals surface area contributed by atoms with Gasteiger partial charge in [-0.2, -0.15) is 0 Å². The van der Waals surface area contributed by atoms with Gasteiger partial charge in [-0.25, -0.2) is 0 Å². The first-order valence-electron chi connectivity index (χ1n) is 14.8. The van der Waals surface area contributed by atoms with E-state index in [4.69, 9.17) is 0 Å². The Kier molecular flexibility index (Phi) is 8.22. The van der Waals surface area contributed by atoms with Crippen molar-refractivity contribution >= 4 is 29.5 Å². The molecule has 2 fully saturated rings. The number of aliphatic hydroxyl groups excluding tert-OH is 1. The monoisotopic (exact) mass is 565 g/mol. The number of carbonyl (C=O) groups is 3. The molecule has 1 N–H and O–H groups in total. The average Bonchev–Trinajstić information content (AvgIpc) is 3.21. The lowest BCUT2D eigenvalue weighted by atomic mass is 9.74. The number of carbonyl (C=O) groups excluding carboxylic acids is 3. The predicted molar refractivity (Wildman–Crippen MR) is 158 cm³/mol. The molecule has 5 rings (SSSR count). The molecule has 7 nitrogen and oxygen atoms in total. The topological polar surface area (TPSA) is 81.2 Å². The Morgan fingerprint density at radius 2 is 1.68 bits per heavy atom. The van der Waals surface area contributed by atoms with Crippen LogP contribution in [0.2, 0.25) is 0 Å². The Hall–Kier alpha value is -2.58. The molecule has 4 aliphatic heterocycles. The molecule has 40 heavy (non-hydrogen) atoms. The summed E-state index contributed by atoms with van der Waals surface area (Å²) in [5.41, 5.74) is 1.04. The minimum atomic E-state index is -0.880. The molecule has 4 aliphatic rings. The number of amides is 3. The molecular weight excluding hydrogens is 522 g/mol. The van der Waals surface area contributed by atoms with Crippen LogP contribution in [-0.2, 0) is 20.9 Å². The van der Waals surface area contributed by atoms with Crippen LogP contribution in [0.4, 0.5) is 0 Å². The Balaban J connectivity index is 1.60. The molecule has 4 heterocycles. The van der Waals surface area contributed by atoms with Gasteiger partial charge in [-0.3, -0.25) is 14.4 Å². The van der Waals surface area contributed by atoms with Crippen molar-refractivity contribution in [1.29, 1.82) is 0 Å². The largest absolute Gasteiger partial charge is 0.394 e. The summed E-state index contributed by atoms with van der Waals surface area (Å²) in [6.45, 7) is 10.1. The van der Waals surface area contributed by atoms with Crippen molar-refractivity contribution in [3.05, 3.63) is 60.2 Å². The molecule has 0 aliphatic carbocycles. The lowest BCUT2D eigenvalue weighted by Gasteiger charge is -2.40. The standard InChI is InChI=1S/C32H43N3O4S/c1-5-6-16-33-17-11-15-32-26(29(38)35(27(32)30(33)39)24(21-36)19-22(2)3)25-28(37)34(18-10-14-31(25,4)40-32)20-23-12-8-7-9-13-23/h7-15,22,24-27,36H,5-6,16-21H2,1-4H3/t24-,25+,26+,27?,31-,32+/m1/s1. The van der Waals surface area contributed by atoms with Crippen molar-refractivity contribution < 1.29 is 19.5 Å². The molecule has 0 saturated carbocycles. The van der Waals surface area contributed by atoms with Crippen LogP contribution in [0.1, 0.15) is 52.5 Å². The third-order valence-corrected chi connectivity index (χ3v) is 10.8. The number of rotatable bonds is 9. The smallest absolute Gasteiger partial charge is 0.247 e. The zero-order valence-electron chi connectivity index (χ0n) is 24.2. The van der Waals surface area contributed by atoms with E-state index in [9.17, 15) is 19.5 Å². The van der Waals surface area contributed by atoms with Gasteiger partial charge in [-0.1, -0.05) is 81.8 Å². The fraction of sp³-hybridized carbons (Fsp3) is 0.594. The number of hydrogen-bond donors (Lipinski definition) is 1. The maximum atomic E-state index is 14.6. The van der Waals surface area contributed by atoms with Gasteiger partial charge in [0, 0.05) is 30.9 Å². The number of thioether (sulfide) groups is 1. The lowest BCUT2D eigenvalue weighted by Crippen LogP contribution is -2.57. The van der Waals surface area contributed by atoms with Crippen LogP contribution < -0.4 is 0 Å². The summed E-state index contributed by atoms with van der Waals surface area (Å²) in [6.07, 6.45) is 10.7. The first kappa shape index (κ1) is 28.9. The minimum Gasteiger partial charge on any atom is -0.394 e. The number of benzene rings is 1. The van der Waals surface area contributed by atoms with Crippen molar-refractivity contribution in [1.82, 2.24) is 14.7 Å². The summed E-state index contributed by atoms with van der Waals surface area (Å²) in [4.78, 5) is 48.8. The van der Waals surface area contributed by atoms with Crippen molar-refractivity contribution in [2.75, 3.05) is 26.2 Å². The fourth-order valence-corrected chi connectivity index (χ4v) is 9.41. The minimum absolute atomic E-state index is 0.0444. The third kappa shape index (κ3) is 4.81. The van der Waals surface area contributed by atoms with Gasteiger partial charge in [0.15, 0.2) is 0 Å². The summed E-state index contributed by atoms with van der Waals surface area (Å²) >= 11 is 1.61. The Labute approximate surface area is 242 Å². The van der Waals surface area contributed by atoms with Gasteiger partial charge < -0.3 is 19.8 Å². The van der Waals surface area contributed by atoms with E-state index in [1.54, 1.807) is 16.7 Å². The molecule has 0 aromatic heterocycles. The fourth-order valence-electron chi connectivity index (χ4n) is 7.27. The maximum Gasteiger partial charge on any atom is 0.247 e. The number of unbranched alkanes of at least 4 members (excludes halogenated alkanes) is 1. The van der Waals surface area contributed by atoms with Crippen molar-refractivity contribution in [3.63, 3.8) is 0 Å². The number of fused-ring (bicyclic) bond motifs is 2. The zero-order chi connectivity index (χ0) is 28.7. The first-order valence-corrected chi connectivity index (χ1v) is 15.6. The van der Waals surface area contributed by atoms with E-state index in [1.807, 2.05) is 52.3 Å². The van der Waals surface area contributed by atoms with Crippen molar-refractivity contribution in [2.45, 2.75) is 75.1 Å². The molecule has 8 heteroatoms. The van der Waals surface area contributed by atoms with Crippen molar-refractivity contribution in [3.8, 4) is 0 Å². The highest BCUT2D eigenvalue weighted by Gasteiger charge is 2.74. The summed E-state index contributed by atoms with van der Waals surface area (Å²) in [7, 11) is 0. The highest BCUT2D eigenvalue weighted by molar-refractivity contribution is 8.02. The summed E-state index contributed by atoms with van der Waals surface area (Å²) in [5, 5.41) is 10.5. The third-order valence-electron chi connectivity index (χ3n) is 9.01. The van der Waals surface area contributed by atoms with Crippen LogP contribution in [0.15, 0.2) is 54.6 Å². The van der Waals surface area contributed by atoms with E-state index >= 15 is 0 Å². The van der Waals surface area contributed by atoms with Gasteiger partial charge >= 0.3 is 0 Å². The van der Waals surface area contributed by atoms with E-state index in [2.05, 4.69) is 39.8 Å². The van der Waals surface area contributed by atoms with Gasteiger partial charge in [-0.15, -0.1) is 11.8 Å². The Morgan fingerprint density at radius 3 is 2.35 bits per heavy atom. The summed E-state index contributed by atoms with van der Waals surface area (Å²) in [5.74, 6) is -1.36. The normalized spacial score (nSPS) is 32.3. The highest BCUT2D eigenvalue weighted by atomic mass is 32.2. The molecule has 1 aromatic rings. The second kappa shape index (κ2) is 11.4. The Bertz CT molecular complexity index is 1190. The molecule has 1 aromatic carbocycles. The number of nitrogens with zero attached hydrogens (tertiary/aromatic N) is 3. The number of aliphatic hydroxyl groups is 1. The van der Waals surface area contributed by atoms with Crippen LogP contribution in [0.25, 0.3) is 0 Å². The van der Waals surface area contributed by atoms with E-state index in [-0.39, 0.29) is 30.2 Å². The van der Waals surface area contributed by atoms with Gasteiger partial charge in [0.2, 0.25) is 17.7 Å². The molecule has 6 atom stereocenters. The SMILES string of the molecule is CCCCN1CC=C[C@]23S[C@]4(C)C=CCN(Cc5ccccc5)C(=O)[C@@H]4[C@H]2C(=O)N([C@@H](CO)CC(C)C)C3C1=O. The first-order chi connectivity index (χ1) is 19.2. The van der Waals surface area contributed by atoms with E-state index in [0.717, 1.165) is 18.4 Å². The van der Waals surface area contributed by atoms with Crippen molar-refractivity contribution in [2.24, 2.45) is 17.8 Å². The second-order valence-electron chi connectivity index (χ2n) is 12.4. The number of hydrogen-bond acceptors (Lipinski definition) is 5. The molecule has 1 unspecified atom stereocenters. The average molecular weight is 566 g/mol. The summed E-state index contributed by atoms with van der Waals surface area (Å²) in [6, 6.07) is 8.69. The molecule has 0 bridgehead atoms. The van der Waals surface area contributed by atoms with E-state index in [1.165, 1.54) is 0 Å². The highest BCUT2D eigenvalue weighted by Crippen LogP contribution is 2.66. The summed E-state index contributed by atoms with van der Waals surface area (Å²) < 4.78 is -1.52. The van der Waals surface area contributed by atoms with Gasteiger partial charge in [0.05, 0.1) is 29.2 Å². The number of likely N-dealkylation sites (tertiary alicyclic amines) is 1. The lowest BCUT2D eigenvalue weighted by molar-refractivity contribution is -0.147. The molecule has 2 saturated heterocycles. The van der Waals surface area contributed by atoms with Gasteiger partial charge in [0.1, 0.15) is 6.04 Å². The van der Waals surface area contributed by atoms with Crippen LogP contribution in [0.3, 0.4) is 0 Å². The van der Waals surface area contributed by atoms with Gasteiger partial charge in [0.25, 0.3) is 0 Å². The van der Waals surface area contributed by atoms with Crippen LogP contribution in [0, 0.1) is 17.8 Å². The maximum absolute atomic E-state index is 14.6. The molecule has 3 amide bonds. The Morgan fingerprint density at radius 1 is 0.975 bits per heavy atom. The molecular formula is C32H43N3O4S. The zero-order valence-corrected chi connectivity index (χ0v) is 25.0. The van der Waals surface area contributed by atoms with Crippen LogP contribution in [-0.4, -0.2) is 85.3 Å². The quantitative estimate of drug-likeness (QED) is 0.460. The van der Waals surface area contributed by atoms with Gasteiger partial charge in [-0.05, 0) is 31.2 Å². The van der Waals surface area contributed by atoms with E-state index < -0.39 is 33.4 Å².